The third kappa shape index (κ3) is 6.32. The van der Waals surface area contributed by atoms with Crippen molar-refractivity contribution in [3.63, 3.8) is 0 Å². The van der Waals surface area contributed by atoms with Crippen LogP contribution in [0.4, 0.5) is 5.13 Å². The molecule has 5 heteroatoms. The predicted molar refractivity (Wildman–Crippen MR) is 92.3 cm³/mol. The van der Waals surface area contributed by atoms with Crippen molar-refractivity contribution in [1.82, 2.24) is 10.3 Å². The quantitative estimate of drug-likeness (QED) is 0.634. The second-order valence-electron chi connectivity index (χ2n) is 5.81. The molecule has 1 N–H and O–H groups in total. The van der Waals surface area contributed by atoms with Gasteiger partial charge >= 0.3 is 0 Å². The lowest BCUT2D eigenvalue weighted by Crippen LogP contribution is -2.37. The number of aromatic nitrogens is 1. The van der Waals surface area contributed by atoms with Crippen molar-refractivity contribution >= 4 is 16.5 Å². The molecule has 0 aliphatic heterocycles. The number of thiazole rings is 1. The zero-order valence-electron chi connectivity index (χ0n) is 14.2. The van der Waals surface area contributed by atoms with E-state index in [4.69, 9.17) is 9.72 Å². The molecule has 0 radical (unpaired) electrons. The number of anilines is 1. The molecule has 21 heavy (non-hydrogen) atoms. The molecule has 0 atom stereocenters. The molecule has 0 fully saturated rings. The van der Waals surface area contributed by atoms with Crippen LogP contribution in [0.1, 0.15) is 46.2 Å². The van der Waals surface area contributed by atoms with Crippen LogP contribution in [0.2, 0.25) is 0 Å². The van der Waals surface area contributed by atoms with Crippen LogP contribution in [0.5, 0.6) is 0 Å². The summed E-state index contributed by atoms with van der Waals surface area (Å²) in [7, 11) is 1.72. The molecule has 0 saturated carbocycles. The molecule has 0 spiro atoms. The van der Waals surface area contributed by atoms with Crippen LogP contribution >= 0.6 is 11.3 Å². The average molecular weight is 314 g/mol. The molecular formula is C16H31N3OS. The van der Waals surface area contributed by atoms with Crippen LogP contribution in [0, 0.1) is 5.92 Å². The van der Waals surface area contributed by atoms with Gasteiger partial charge in [0, 0.05) is 38.2 Å². The summed E-state index contributed by atoms with van der Waals surface area (Å²) >= 11 is 1.77. The molecule has 0 amide bonds. The number of hydrogen-bond acceptors (Lipinski definition) is 5. The minimum absolute atomic E-state index is 0.591. The fourth-order valence-electron chi connectivity index (χ4n) is 2.41. The summed E-state index contributed by atoms with van der Waals surface area (Å²) in [6, 6.07) is 0.591. The minimum atomic E-state index is 0.591. The molecule has 0 bridgehead atoms. The van der Waals surface area contributed by atoms with Crippen molar-refractivity contribution in [3.8, 4) is 0 Å². The third-order valence-corrected chi connectivity index (χ3v) is 4.45. The zero-order chi connectivity index (χ0) is 15.7. The average Bonchev–Trinajstić information content (AvgIpc) is 2.92. The summed E-state index contributed by atoms with van der Waals surface area (Å²) in [5, 5.41) is 6.69. The first-order valence-electron chi connectivity index (χ1n) is 8.02. The van der Waals surface area contributed by atoms with E-state index in [2.05, 4.69) is 43.3 Å². The molecule has 4 nitrogen and oxygen atoms in total. The van der Waals surface area contributed by atoms with Gasteiger partial charge in [0.25, 0.3) is 0 Å². The molecule has 0 saturated heterocycles. The second-order valence-corrected chi connectivity index (χ2v) is 6.64. The Morgan fingerprint density at radius 1 is 1.33 bits per heavy atom. The zero-order valence-corrected chi connectivity index (χ0v) is 15.0. The summed E-state index contributed by atoms with van der Waals surface area (Å²) in [4.78, 5) is 7.31. The Morgan fingerprint density at radius 2 is 2.05 bits per heavy atom. The highest BCUT2D eigenvalue weighted by atomic mass is 32.1. The van der Waals surface area contributed by atoms with Crippen LogP contribution < -0.4 is 10.2 Å². The van der Waals surface area contributed by atoms with E-state index in [9.17, 15) is 0 Å². The summed E-state index contributed by atoms with van der Waals surface area (Å²) in [6.07, 6.45) is 2.34. The molecule has 1 rings (SSSR count). The van der Waals surface area contributed by atoms with Crippen molar-refractivity contribution in [3.05, 3.63) is 11.1 Å². The maximum atomic E-state index is 5.04. The van der Waals surface area contributed by atoms with Gasteiger partial charge in [-0.1, -0.05) is 27.7 Å². The van der Waals surface area contributed by atoms with Gasteiger partial charge in [-0.25, -0.2) is 4.98 Å². The summed E-state index contributed by atoms with van der Waals surface area (Å²) in [6.45, 7) is 12.6. The van der Waals surface area contributed by atoms with E-state index in [0.29, 0.717) is 12.0 Å². The monoisotopic (exact) mass is 313 g/mol. The Morgan fingerprint density at radius 3 is 2.62 bits per heavy atom. The molecule has 122 valence electrons. The van der Waals surface area contributed by atoms with Crippen LogP contribution in [0.25, 0.3) is 0 Å². The predicted octanol–water partition coefficient (Wildman–Crippen LogP) is 3.53. The standard InChI is InChI=1S/C16H31N3OS/c1-6-15(7-2)19(11-13(3)4)16-18-14(12-21-16)10-17-8-9-20-5/h12-13,15,17H,6-11H2,1-5H3. The van der Waals surface area contributed by atoms with Crippen molar-refractivity contribution in [2.24, 2.45) is 5.92 Å². The number of nitrogens with zero attached hydrogens (tertiary/aromatic N) is 2. The largest absolute Gasteiger partial charge is 0.383 e. The molecule has 0 aliphatic carbocycles. The lowest BCUT2D eigenvalue weighted by Gasteiger charge is -2.31. The van der Waals surface area contributed by atoms with E-state index < -0.39 is 0 Å². The Balaban J connectivity index is 2.67. The van der Waals surface area contributed by atoms with Gasteiger partial charge in [0.05, 0.1) is 12.3 Å². The van der Waals surface area contributed by atoms with Gasteiger partial charge in [-0.2, -0.15) is 0 Å². The van der Waals surface area contributed by atoms with Crippen LogP contribution in [-0.2, 0) is 11.3 Å². The Bertz CT molecular complexity index is 377. The smallest absolute Gasteiger partial charge is 0.185 e. The highest BCUT2D eigenvalue weighted by Gasteiger charge is 2.19. The highest BCUT2D eigenvalue weighted by molar-refractivity contribution is 7.13. The second kappa shape index (κ2) is 10.1. The Labute approximate surface area is 133 Å². The van der Waals surface area contributed by atoms with E-state index in [1.807, 2.05) is 0 Å². The fraction of sp³-hybridized carbons (Fsp3) is 0.812. The Kier molecular flexibility index (Phi) is 8.88. The highest BCUT2D eigenvalue weighted by Crippen LogP contribution is 2.26. The van der Waals surface area contributed by atoms with Gasteiger partial charge in [0.1, 0.15) is 0 Å². The fourth-order valence-corrected chi connectivity index (χ4v) is 3.31. The van der Waals surface area contributed by atoms with E-state index in [1.165, 1.54) is 18.0 Å². The topological polar surface area (TPSA) is 37.4 Å². The maximum Gasteiger partial charge on any atom is 0.185 e. The number of rotatable bonds is 11. The maximum absolute atomic E-state index is 5.04. The summed E-state index contributed by atoms with van der Waals surface area (Å²) in [5.41, 5.74) is 1.13. The van der Waals surface area contributed by atoms with Crippen molar-refractivity contribution < 1.29 is 4.74 Å². The first kappa shape index (κ1) is 18.4. The van der Waals surface area contributed by atoms with Crippen LogP contribution in [0.3, 0.4) is 0 Å². The Hall–Kier alpha value is -0.650. The third-order valence-electron chi connectivity index (χ3n) is 3.52. The number of nitrogens with one attached hydrogen (secondary N) is 1. The van der Waals surface area contributed by atoms with E-state index in [-0.39, 0.29) is 0 Å². The van der Waals surface area contributed by atoms with Gasteiger partial charge < -0.3 is 15.0 Å². The van der Waals surface area contributed by atoms with Crippen molar-refractivity contribution in [1.29, 1.82) is 0 Å². The molecule has 1 heterocycles. The number of hydrogen-bond donors (Lipinski definition) is 1. The first-order chi connectivity index (χ1) is 10.1. The van der Waals surface area contributed by atoms with E-state index in [1.54, 1.807) is 18.4 Å². The van der Waals surface area contributed by atoms with Gasteiger partial charge in [-0.05, 0) is 18.8 Å². The summed E-state index contributed by atoms with van der Waals surface area (Å²) in [5.74, 6) is 0.651. The van der Waals surface area contributed by atoms with E-state index >= 15 is 0 Å². The SMILES string of the molecule is CCC(CC)N(CC(C)C)c1nc(CNCCOC)cs1. The van der Waals surface area contributed by atoms with Gasteiger partial charge in [0.15, 0.2) is 5.13 Å². The normalized spacial score (nSPS) is 11.6. The van der Waals surface area contributed by atoms with Crippen molar-refractivity contribution in [2.75, 3.05) is 31.7 Å². The van der Waals surface area contributed by atoms with Crippen LogP contribution in [-0.4, -0.2) is 37.8 Å². The lowest BCUT2D eigenvalue weighted by molar-refractivity contribution is 0.199. The summed E-state index contributed by atoms with van der Waals surface area (Å²) < 4.78 is 5.04. The molecule has 0 aromatic carbocycles. The minimum Gasteiger partial charge on any atom is -0.383 e. The van der Waals surface area contributed by atoms with Crippen molar-refractivity contribution in [2.45, 2.75) is 53.1 Å². The van der Waals surface area contributed by atoms with E-state index in [0.717, 1.165) is 31.9 Å². The molecule has 1 aromatic rings. The van der Waals surface area contributed by atoms with Gasteiger partial charge in [0.2, 0.25) is 0 Å². The molecular weight excluding hydrogens is 282 g/mol. The first-order valence-corrected chi connectivity index (χ1v) is 8.90. The van der Waals surface area contributed by atoms with Crippen LogP contribution in [0.15, 0.2) is 5.38 Å². The lowest BCUT2D eigenvalue weighted by atomic mass is 10.1. The van der Waals surface area contributed by atoms with Gasteiger partial charge in [-0.3, -0.25) is 0 Å². The molecule has 0 unspecified atom stereocenters. The van der Waals surface area contributed by atoms with Gasteiger partial charge in [-0.15, -0.1) is 11.3 Å². The number of methoxy groups -OCH3 is 1. The molecule has 1 aromatic heterocycles. The molecule has 0 aliphatic rings. The number of ether oxygens (including phenoxy) is 1.